The van der Waals surface area contributed by atoms with Crippen molar-refractivity contribution in [1.82, 2.24) is 10.3 Å². The van der Waals surface area contributed by atoms with Crippen LogP contribution in [0.15, 0.2) is 48.5 Å². The van der Waals surface area contributed by atoms with Gasteiger partial charge in [-0.15, -0.1) is 0 Å². The maximum absolute atomic E-state index is 13.6. The molecule has 3 aromatic rings. The molecular weight excluding hydrogens is 459 g/mol. The van der Waals surface area contributed by atoms with Gasteiger partial charge >= 0.3 is 0 Å². The molecule has 1 aliphatic heterocycles. The largest absolute Gasteiger partial charge is 0.493 e. The van der Waals surface area contributed by atoms with Gasteiger partial charge in [0.1, 0.15) is 17.3 Å². The number of hydrogen-bond acceptors (Lipinski definition) is 5. The molecule has 0 spiro atoms. The molecule has 7 heteroatoms. The van der Waals surface area contributed by atoms with Crippen molar-refractivity contribution in [2.45, 2.75) is 50.0 Å². The monoisotopic (exact) mass is 488 g/mol. The van der Waals surface area contributed by atoms with Crippen LogP contribution >= 0.6 is 0 Å². The SMILES string of the molecule is COc1cc(C(=O)NCC2(c3cc4c(c(-c5ccc(F)cc5)n3)OC[C@H]4C)CC2)ccc1OC1CC1. The van der Waals surface area contributed by atoms with E-state index in [1.165, 1.54) is 12.1 Å². The van der Waals surface area contributed by atoms with E-state index in [2.05, 4.69) is 18.3 Å². The minimum absolute atomic E-state index is 0.158. The summed E-state index contributed by atoms with van der Waals surface area (Å²) in [6, 6.07) is 13.8. The maximum Gasteiger partial charge on any atom is 0.251 e. The second kappa shape index (κ2) is 8.80. The first-order valence-electron chi connectivity index (χ1n) is 12.5. The normalized spacial score (nSPS) is 19.2. The van der Waals surface area contributed by atoms with Gasteiger partial charge in [-0.1, -0.05) is 6.92 Å². The van der Waals surface area contributed by atoms with Crippen LogP contribution in [-0.2, 0) is 5.41 Å². The quantitative estimate of drug-likeness (QED) is 0.460. The summed E-state index contributed by atoms with van der Waals surface area (Å²) in [5.41, 5.74) is 3.93. The molecular formula is C29H29FN2O4. The molecule has 2 aliphatic carbocycles. The van der Waals surface area contributed by atoms with Crippen molar-refractivity contribution in [2.75, 3.05) is 20.3 Å². The van der Waals surface area contributed by atoms with E-state index in [0.717, 1.165) is 53.9 Å². The molecule has 2 heterocycles. The van der Waals surface area contributed by atoms with Crippen molar-refractivity contribution in [3.05, 3.63) is 71.2 Å². The smallest absolute Gasteiger partial charge is 0.251 e. The summed E-state index contributed by atoms with van der Waals surface area (Å²) in [4.78, 5) is 18.0. The second-order valence-electron chi connectivity index (χ2n) is 10.1. The number of rotatable bonds is 8. The number of nitrogens with zero attached hydrogens (tertiary/aromatic N) is 1. The van der Waals surface area contributed by atoms with Gasteiger partial charge in [-0.25, -0.2) is 9.37 Å². The van der Waals surface area contributed by atoms with Crippen LogP contribution in [0, 0.1) is 5.82 Å². The molecule has 0 unspecified atom stereocenters. The van der Waals surface area contributed by atoms with Crippen LogP contribution in [0.25, 0.3) is 11.3 Å². The van der Waals surface area contributed by atoms with Crippen molar-refractivity contribution in [3.8, 4) is 28.5 Å². The molecule has 2 aromatic carbocycles. The Kier molecular flexibility index (Phi) is 5.58. The molecule has 6 rings (SSSR count). The Hall–Kier alpha value is -3.61. The van der Waals surface area contributed by atoms with E-state index >= 15 is 0 Å². The van der Waals surface area contributed by atoms with Gasteiger partial charge in [0.25, 0.3) is 5.91 Å². The first kappa shape index (κ1) is 22.8. The highest BCUT2D eigenvalue weighted by atomic mass is 19.1. The lowest BCUT2D eigenvalue weighted by molar-refractivity contribution is 0.0949. The fourth-order valence-electron chi connectivity index (χ4n) is 4.74. The zero-order chi connectivity index (χ0) is 24.9. The van der Waals surface area contributed by atoms with Gasteiger partial charge in [-0.2, -0.15) is 0 Å². The first-order chi connectivity index (χ1) is 17.5. The zero-order valence-corrected chi connectivity index (χ0v) is 20.5. The highest BCUT2D eigenvalue weighted by Crippen LogP contribution is 2.50. The average Bonchev–Trinajstić information content (AvgIpc) is 3.83. The van der Waals surface area contributed by atoms with Gasteiger partial charge in [-0.3, -0.25) is 4.79 Å². The number of pyridine rings is 1. The average molecular weight is 489 g/mol. The summed E-state index contributed by atoms with van der Waals surface area (Å²) in [5.74, 6) is 1.81. The second-order valence-corrected chi connectivity index (χ2v) is 10.1. The molecule has 186 valence electrons. The number of methoxy groups -OCH3 is 1. The molecule has 0 saturated heterocycles. The maximum atomic E-state index is 13.6. The molecule has 2 fully saturated rings. The van der Waals surface area contributed by atoms with Crippen LogP contribution in [0.2, 0.25) is 0 Å². The Bertz CT molecular complexity index is 1320. The number of ether oxygens (including phenoxy) is 3. The number of amides is 1. The molecule has 0 bridgehead atoms. The van der Waals surface area contributed by atoms with E-state index in [9.17, 15) is 9.18 Å². The van der Waals surface area contributed by atoms with Crippen molar-refractivity contribution in [1.29, 1.82) is 0 Å². The fraction of sp³-hybridized carbons (Fsp3) is 0.379. The Morgan fingerprint density at radius 3 is 2.61 bits per heavy atom. The van der Waals surface area contributed by atoms with E-state index in [4.69, 9.17) is 19.2 Å². The number of hydrogen-bond donors (Lipinski definition) is 1. The highest BCUT2D eigenvalue weighted by Gasteiger charge is 2.47. The van der Waals surface area contributed by atoms with Gasteiger partial charge in [-0.05, 0) is 74.2 Å². The standard InChI is InChI=1S/C29H29FN2O4/c1-17-15-35-27-22(17)14-25(32-26(27)18-3-6-20(30)7-4-18)29(11-12-29)16-31-28(33)19-5-10-23(24(13-19)34-2)36-21-8-9-21/h3-7,10,13-14,17,21H,8-9,11-12,15-16H2,1-2H3,(H,31,33)/t17-/m1/s1. The minimum Gasteiger partial charge on any atom is -0.493 e. The molecule has 1 amide bonds. The molecule has 1 atom stereocenters. The third-order valence-electron chi connectivity index (χ3n) is 7.36. The van der Waals surface area contributed by atoms with Crippen LogP contribution in [0.4, 0.5) is 4.39 Å². The summed E-state index contributed by atoms with van der Waals surface area (Å²) in [6.45, 7) is 3.22. The van der Waals surface area contributed by atoms with E-state index in [1.54, 1.807) is 37.4 Å². The Balaban J connectivity index is 1.24. The number of carbonyl (C=O) groups is 1. The number of carbonyl (C=O) groups excluding carboxylic acids is 1. The molecule has 0 radical (unpaired) electrons. The molecule has 36 heavy (non-hydrogen) atoms. The lowest BCUT2D eigenvalue weighted by Crippen LogP contribution is -2.33. The van der Waals surface area contributed by atoms with E-state index < -0.39 is 0 Å². The summed E-state index contributed by atoms with van der Waals surface area (Å²) >= 11 is 0. The predicted octanol–water partition coefficient (Wildman–Crippen LogP) is 5.40. The highest BCUT2D eigenvalue weighted by molar-refractivity contribution is 5.95. The number of fused-ring (bicyclic) bond motifs is 1. The van der Waals surface area contributed by atoms with Crippen LogP contribution in [-0.4, -0.2) is 37.3 Å². The topological polar surface area (TPSA) is 69.7 Å². The van der Waals surface area contributed by atoms with Crippen LogP contribution in [0.3, 0.4) is 0 Å². The number of nitrogens with one attached hydrogen (secondary N) is 1. The molecule has 2 saturated carbocycles. The lowest BCUT2D eigenvalue weighted by atomic mass is 9.94. The lowest BCUT2D eigenvalue weighted by Gasteiger charge is -2.19. The van der Waals surface area contributed by atoms with Gasteiger partial charge in [0.15, 0.2) is 11.5 Å². The van der Waals surface area contributed by atoms with E-state index in [0.29, 0.717) is 30.2 Å². The Morgan fingerprint density at radius 2 is 1.92 bits per heavy atom. The summed E-state index contributed by atoms with van der Waals surface area (Å²) in [7, 11) is 1.58. The van der Waals surface area contributed by atoms with Crippen molar-refractivity contribution in [2.24, 2.45) is 0 Å². The summed E-state index contributed by atoms with van der Waals surface area (Å²) in [6.07, 6.45) is 4.24. The van der Waals surface area contributed by atoms with Gasteiger partial charge in [0, 0.05) is 40.3 Å². The molecule has 1 aromatic heterocycles. The van der Waals surface area contributed by atoms with Gasteiger partial charge < -0.3 is 19.5 Å². The van der Waals surface area contributed by atoms with Crippen molar-refractivity contribution < 1.29 is 23.4 Å². The van der Waals surface area contributed by atoms with E-state index in [1.807, 2.05) is 0 Å². The fourth-order valence-corrected chi connectivity index (χ4v) is 4.74. The number of aromatic nitrogens is 1. The van der Waals surface area contributed by atoms with Crippen LogP contribution in [0.1, 0.15) is 60.1 Å². The third kappa shape index (κ3) is 4.27. The van der Waals surface area contributed by atoms with Crippen LogP contribution in [0.5, 0.6) is 17.2 Å². The van der Waals surface area contributed by atoms with Gasteiger partial charge in [0.05, 0.1) is 19.8 Å². The first-order valence-corrected chi connectivity index (χ1v) is 12.5. The summed E-state index contributed by atoms with van der Waals surface area (Å²) < 4.78 is 30.9. The summed E-state index contributed by atoms with van der Waals surface area (Å²) in [5, 5.41) is 3.11. The Morgan fingerprint density at radius 1 is 1.14 bits per heavy atom. The third-order valence-corrected chi connectivity index (χ3v) is 7.36. The van der Waals surface area contributed by atoms with Crippen molar-refractivity contribution >= 4 is 5.91 Å². The Labute approximate surface area is 209 Å². The number of benzene rings is 2. The molecule has 3 aliphatic rings. The molecule has 1 N–H and O–H groups in total. The predicted molar refractivity (Wildman–Crippen MR) is 133 cm³/mol. The minimum atomic E-state index is -0.286. The zero-order valence-electron chi connectivity index (χ0n) is 20.5. The number of halogens is 1. The molecule has 6 nitrogen and oxygen atoms in total. The van der Waals surface area contributed by atoms with Crippen molar-refractivity contribution in [3.63, 3.8) is 0 Å². The van der Waals surface area contributed by atoms with Crippen LogP contribution < -0.4 is 19.5 Å². The van der Waals surface area contributed by atoms with E-state index in [-0.39, 0.29) is 29.2 Å². The van der Waals surface area contributed by atoms with Gasteiger partial charge in [0.2, 0.25) is 0 Å².